The van der Waals surface area contributed by atoms with Crippen LogP contribution in [0, 0.1) is 5.92 Å². The minimum absolute atomic E-state index is 0.150. The van der Waals surface area contributed by atoms with Crippen molar-refractivity contribution in [2.24, 2.45) is 5.92 Å². The van der Waals surface area contributed by atoms with Crippen molar-refractivity contribution in [1.82, 2.24) is 0 Å². The van der Waals surface area contributed by atoms with Crippen molar-refractivity contribution in [3.8, 4) is 0 Å². The summed E-state index contributed by atoms with van der Waals surface area (Å²) in [5.74, 6) is 0.647. The third-order valence-electron chi connectivity index (χ3n) is 2.73. The standard InChI is InChI=1S/C9H18O2/c1-3-8(2)9(4-5-9)11-7-6-10/h8,10H,3-7H2,1-2H3. The second-order valence-corrected chi connectivity index (χ2v) is 3.45. The van der Waals surface area contributed by atoms with Crippen LogP contribution in [-0.2, 0) is 4.74 Å². The molecule has 1 aliphatic carbocycles. The highest BCUT2D eigenvalue weighted by Crippen LogP contribution is 2.47. The van der Waals surface area contributed by atoms with E-state index in [1.807, 2.05) is 0 Å². The third-order valence-corrected chi connectivity index (χ3v) is 2.73. The van der Waals surface area contributed by atoms with Crippen LogP contribution in [0.3, 0.4) is 0 Å². The van der Waals surface area contributed by atoms with Crippen LogP contribution < -0.4 is 0 Å². The summed E-state index contributed by atoms with van der Waals surface area (Å²) in [7, 11) is 0. The summed E-state index contributed by atoms with van der Waals surface area (Å²) in [6, 6.07) is 0. The van der Waals surface area contributed by atoms with E-state index >= 15 is 0 Å². The van der Waals surface area contributed by atoms with Crippen LogP contribution in [0.5, 0.6) is 0 Å². The van der Waals surface area contributed by atoms with E-state index in [0.29, 0.717) is 12.5 Å². The summed E-state index contributed by atoms with van der Waals surface area (Å²) in [5, 5.41) is 8.59. The Morgan fingerprint density at radius 2 is 2.18 bits per heavy atom. The van der Waals surface area contributed by atoms with Crippen LogP contribution in [-0.4, -0.2) is 23.9 Å². The van der Waals surface area contributed by atoms with E-state index in [9.17, 15) is 0 Å². The molecule has 0 saturated heterocycles. The SMILES string of the molecule is CCC(C)C1(OCCO)CC1. The molecule has 2 heteroatoms. The van der Waals surface area contributed by atoms with Crippen molar-refractivity contribution in [3.05, 3.63) is 0 Å². The Balaban J connectivity index is 2.28. The minimum Gasteiger partial charge on any atom is -0.394 e. The lowest BCUT2D eigenvalue weighted by Crippen LogP contribution is -2.24. The fourth-order valence-corrected chi connectivity index (χ4v) is 1.52. The van der Waals surface area contributed by atoms with Crippen LogP contribution in [0.4, 0.5) is 0 Å². The van der Waals surface area contributed by atoms with Gasteiger partial charge in [0.25, 0.3) is 0 Å². The highest BCUT2D eigenvalue weighted by Gasteiger charge is 2.47. The van der Waals surface area contributed by atoms with Crippen molar-refractivity contribution < 1.29 is 9.84 Å². The molecule has 1 atom stereocenters. The monoisotopic (exact) mass is 158 g/mol. The first-order valence-electron chi connectivity index (χ1n) is 4.50. The quantitative estimate of drug-likeness (QED) is 0.658. The number of aliphatic hydroxyl groups excluding tert-OH is 1. The zero-order valence-corrected chi connectivity index (χ0v) is 7.47. The normalized spacial score (nSPS) is 23.2. The molecule has 0 aromatic rings. The molecule has 1 aliphatic rings. The molecule has 2 nitrogen and oxygen atoms in total. The fraction of sp³-hybridized carbons (Fsp3) is 1.00. The van der Waals surface area contributed by atoms with Gasteiger partial charge in [0.15, 0.2) is 0 Å². The minimum atomic E-state index is 0.150. The molecule has 0 aliphatic heterocycles. The van der Waals surface area contributed by atoms with Crippen molar-refractivity contribution in [2.45, 2.75) is 38.7 Å². The summed E-state index contributed by atoms with van der Waals surface area (Å²) in [6.45, 7) is 5.07. The third kappa shape index (κ3) is 1.94. The molecule has 0 amide bonds. The molecule has 0 spiro atoms. The first-order valence-corrected chi connectivity index (χ1v) is 4.50. The van der Waals surface area contributed by atoms with Gasteiger partial charge in [-0.15, -0.1) is 0 Å². The Labute approximate surface area is 68.6 Å². The summed E-state index contributed by atoms with van der Waals surface area (Å²) in [6.07, 6.45) is 3.54. The van der Waals surface area contributed by atoms with Gasteiger partial charge < -0.3 is 9.84 Å². The highest BCUT2D eigenvalue weighted by atomic mass is 16.5. The summed E-state index contributed by atoms with van der Waals surface area (Å²) < 4.78 is 5.59. The van der Waals surface area contributed by atoms with Crippen LogP contribution in [0.1, 0.15) is 33.1 Å². The van der Waals surface area contributed by atoms with E-state index in [1.165, 1.54) is 19.3 Å². The zero-order chi connectivity index (χ0) is 8.32. The topological polar surface area (TPSA) is 29.5 Å². The molecule has 1 unspecified atom stereocenters. The van der Waals surface area contributed by atoms with E-state index < -0.39 is 0 Å². The van der Waals surface area contributed by atoms with Crippen LogP contribution in [0.25, 0.3) is 0 Å². The van der Waals surface area contributed by atoms with Crippen LogP contribution in [0.15, 0.2) is 0 Å². The summed E-state index contributed by atoms with van der Waals surface area (Å²) in [5.41, 5.74) is 0.150. The second-order valence-electron chi connectivity index (χ2n) is 3.45. The first kappa shape index (κ1) is 9.01. The van der Waals surface area contributed by atoms with Crippen molar-refractivity contribution in [2.75, 3.05) is 13.2 Å². The number of aliphatic hydroxyl groups is 1. The molecule has 0 heterocycles. The summed E-state index contributed by atoms with van der Waals surface area (Å²) >= 11 is 0. The van der Waals surface area contributed by atoms with E-state index in [-0.39, 0.29) is 12.2 Å². The Kier molecular flexibility index (Phi) is 2.90. The lowest BCUT2D eigenvalue weighted by molar-refractivity contribution is -0.0217. The molecule has 66 valence electrons. The van der Waals surface area contributed by atoms with E-state index in [2.05, 4.69) is 13.8 Å². The Morgan fingerprint density at radius 3 is 2.55 bits per heavy atom. The molecule has 0 bridgehead atoms. The van der Waals surface area contributed by atoms with Gasteiger partial charge >= 0.3 is 0 Å². The molecule has 1 N–H and O–H groups in total. The van der Waals surface area contributed by atoms with E-state index in [0.717, 1.165) is 0 Å². The molecular weight excluding hydrogens is 140 g/mol. The Morgan fingerprint density at radius 1 is 1.55 bits per heavy atom. The van der Waals surface area contributed by atoms with Crippen molar-refractivity contribution in [3.63, 3.8) is 0 Å². The van der Waals surface area contributed by atoms with Gasteiger partial charge in [0.1, 0.15) is 0 Å². The average molecular weight is 158 g/mol. The predicted molar refractivity (Wildman–Crippen MR) is 44.5 cm³/mol. The lowest BCUT2D eigenvalue weighted by atomic mass is 10.00. The first-order chi connectivity index (χ1) is 5.25. The predicted octanol–water partition coefficient (Wildman–Crippen LogP) is 1.57. The molecule has 11 heavy (non-hydrogen) atoms. The number of ether oxygens (including phenoxy) is 1. The van der Waals surface area contributed by atoms with Crippen LogP contribution >= 0.6 is 0 Å². The number of hydrogen-bond donors (Lipinski definition) is 1. The van der Waals surface area contributed by atoms with Gasteiger partial charge in [-0.3, -0.25) is 0 Å². The van der Waals surface area contributed by atoms with Gasteiger partial charge in [0, 0.05) is 0 Å². The number of hydrogen-bond acceptors (Lipinski definition) is 2. The zero-order valence-electron chi connectivity index (χ0n) is 7.47. The molecule has 1 fully saturated rings. The van der Waals surface area contributed by atoms with Gasteiger partial charge in [-0.25, -0.2) is 0 Å². The lowest BCUT2D eigenvalue weighted by Gasteiger charge is -2.22. The molecule has 1 saturated carbocycles. The molecule has 0 aromatic heterocycles. The Bertz CT molecular complexity index is 119. The highest BCUT2D eigenvalue weighted by molar-refractivity contribution is 4.99. The van der Waals surface area contributed by atoms with E-state index in [4.69, 9.17) is 9.84 Å². The fourth-order valence-electron chi connectivity index (χ4n) is 1.52. The van der Waals surface area contributed by atoms with Crippen molar-refractivity contribution in [1.29, 1.82) is 0 Å². The van der Waals surface area contributed by atoms with Crippen LogP contribution in [0.2, 0.25) is 0 Å². The molecular formula is C9H18O2. The van der Waals surface area contributed by atoms with Crippen molar-refractivity contribution >= 4 is 0 Å². The maximum absolute atomic E-state index is 8.59. The smallest absolute Gasteiger partial charge is 0.0711 e. The van der Waals surface area contributed by atoms with E-state index in [1.54, 1.807) is 0 Å². The average Bonchev–Trinajstić information content (AvgIpc) is 2.80. The van der Waals surface area contributed by atoms with Gasteiger partial charge in [-0.1, -0.05) is 20.3 Å². The summed E-state index contributed by atoms with van der Waals surface area (Å²) in [4.78, 5) is 0. The van der Waals surface area contributed by atoms with Gasteiger partial charge in [-0.2, -0.15) is 0 Å². The Hall–Kier alpha value is -0.0800. The molecule has 0 aromatic carbocycles. The maximum Gasteiger partial charge on any atom is 0.0711 e. The number of rotatable bonds is 5. The van der Waals surface area contributed by atoms with Gasteiger partial charge in [0.2, 0.25) is 0 Å². The molecule has 1 rings (SSSR count). The maximum atomic E-state index is 8.59. The molecule has 0 radical (unpaired) electrons. The largest absolute Gasteiger partial charge is 0.394 e. The second kappa shape index (κ2) is 3.55. The van der Waals surface area contributed by atoms with Gasteiger partial charge in [-0.05, 0) is 18.8 Å². The van der Waals surface area contributed by atoms with Gasteiger partial charge in [0.05, 0.1) is 18.8 Å².